The molecule has 2 N–H and O–H groups in total. The zero-order valence-corrected chi connectivity index (χ0v) is 19.6. The first-order valence-corrected chi connectivity index (χ1v) is 11.6. The van der Waals surface area contributed by atoms with Crippen LogP contribution in [-0.2, 0) is 16.1 Å². The fourth-order valence-corrected chi connectivity index (χ4v) is 4.25. The van der Waals surface area contributed by atoms with Crippen molar-refractivity contribution in [2.75, 3.05) is 20.3 Å². The van der Waals surface area contributed by atoms with E-state index in [1.54, 1.807) is 55.9 Å². The molecule has 2 heterocycles. The lowest BCUT2D eigenvalue weighted by Gasteiger charge is -2.31. The molecule has 184 valence electrons. The topological polar surface area (TPSA) is 135 Å². The van der Waals surface area contributed by atoms with E-state index in [1.165, 1.54) is 9.70 Å². The van der Waals surface area contributed by atoms with Gasteiger partial charge < -0.3 is 20.1 Å². The van der Waals surface area contributed by atoms with Crippen LogP contribution in [0.4, 0.5) is 0 Å². The molecule has 1 aliphatic carbocycles. The van der Waals surface area contributed by atoms with E-state index < -0.39 is 11.9 Å². The van der Waals surface area contributed by atoms with Gasteiger partial charge in [0.15, 0.2) is 0 Å². The quantitative estimate of drug-likeness (QED) is 0.445. The molecule has 2 aromatic heterocycles. The summed E-state index contributed by atoms with van der Waals surface area (Å²) in [5.41, 5.74) is 1.34. The van der Waals surface area contributed by atoms with Crippen LogP contribution in [0.2, 0.25) is 0 Å². The smallest absolute Gasteiger partial charge is 0.247 e. The number of pyridine rings is 1. The zero-order chi connectivity index (χ0) is 24.6. The third-order valence-electron chi connectivity index (χ3n) is 6.02. The minimum absolute atomic E-state index is 0.0239. The lowest BCUT2D eigenvalue weighted by atomic mass is 10.0. The molecule has 1 atom stereocenters. The number of carbonyl (C=O) groups is 2. The number of benzene rings is 1. The van der Waals surface area contributed by atoms with Crippen LogP contribution in [0.25, 0.3) is 11.4 Å². The Kier molecular flexibility index (Phi) is 7.99. The van der Waals surface area contributed by atoms with Gasteiger partial charge in [-0.15, -0.1) is 10.2 Å². The van der Waals surface area contributed by atoms with Gasteiger partial charge in [-0.1, -0.05) is 12.8 Å². The number of amides is 2. The molecule has 0 spiro atoms. The second-order valence-corrected chi connectivity index (χ2v) is 8.36. The van der Waals surface area contributed by atoms with E-state index in [0.717, 1.165) is 31.2 Å². The van der Waals surface area contributed by atoms with Gasteiger partial charge in [-0.05, 0) is 60.0 Å². The summed E-state index contributed by atoms with van der Waals surface area (Å²) in [5, 5.41) is 25.1. The number of nitrogens with one attached hydrogen (secondary N) is 1. The monoisotopic (exact) mass is 479 g/mol. The van der Waals surface area contributed by atoms with Crippen molar-refractivity contribution in [2.45, 2.75) is 44.3 Å². The Morgan fingerprint density at radius 2 is 1.89 bits per heavy atom. The van der Waals surface area contributed by atoms with Crippen molar-refractivity contribution >= 4 is 11.8 Å². The van der Waals surface area contributed by atoms with E-state index >= 15 is 0 Å². The Morgan fingerprint density at radius 3 is 2.54 bits per heavy atom. The van der Waals surface area contributed by atoms with Gasteiger partial charge >= 0.3 is 0 Å². The standard InChI is InChI=1S/C24H29N7O4/c1-35-20-8-6-18(7-9-20)23-27-29-31(28-23)16-21(33)30(14-15-32)22(17-10-12-25-13-11-17)24(34)26-19-4-2-3-5-19/h6-13,19,22,32H,2-5,14-16H2,1H3,(H,26,34)/t22-/m0/s1. The van der Waals surface area contributed by atoms with Crippen LogP contribution >= 0.6 is 0 Å². The Balaban J connectivity index is 1.54. The minimum Gasteiger partial charge on any atom is -0.497 e. The summed E-state index contributed by atoms with van der Waals surface area (Å²) in [4.78, 5) is 33.3. The average Bonchev–Trinajstić information content (AvgIpc) is 3.57. The Morgan fingerprint density at radius 1 is 1.17 bits per heavy atom. The van der Waals surface area contributed by atoms with E-state index in [-0.39, 0.29) is 31.6 Å². The number of carbonyl (C=O) groups excluding carboxylic acids is 2. The molecule has 0 aliphatic heterocycles. The number of nitrogens with zero attached hydrogens (tertiary/aromatic N) is 6. The van der Waals surface area contributed by atoms with E-state index in [2.05, 4.69) is 25.7 Å². The summed E-state index contributed by atoms with van der Waals surface area (Å²) >= 11 is 0. The molecule has 2 amide bonds. The molecule has 1 fully saturated rings. The van der Waals surface area contributed by atoms with Crippen LogP contribution in [0.3, 0.4) is 0 Å². The molecule has 0 bridgehead atoms. The maximum atomic E-state index is 13.4. The lowest BCUT2D eigenvalue weighted by molar-refractivity contribution is -0.142. The molecule has 0 radical (unpaired) electrons. The number of ether oxygens (including phenoxy) is 1. The first kappa shape index (κ1) is 24.3. The molecule has 35 heavy (non-hydrogen) atoms. The molecule has 11 nitrogen and oxygen atoms in total. The van der Waals surface area contributed by atoms with Crippen LogP contribution in [0.5, 0.6) is 5.75 Å². The van der Waals surface area contributed by atoms with Crippen molar-refractivity contribution in [1.29, 1.82) is 0 Å². The SMILES string of the molecule is COc1ccc(-c2nnn(CC(=O)N(CCO)[C@H](C(=O)NC3CCCC3)c3ccncc3)n2)cc1. The molecule has 1 saturated carbocycles. The fraction of sp³-hybridized carbons (Fsp3) is 0.417. The van der Waals surface area contributed by atoms with Gasteiger partial charge in [-0.25, -0.2) is 0 Å². The minimum atomic E-state index is -0.914. The number of methoxy groups -OCH3 is 1. The van der Waals surface area contributed by atoms with Crippen LogP contribution < -0.4 is 10.1 Å². The number of hydrogen-bond acceptors (Lipinski definition) is 8. The number of hydrogen-bond donors (Lipinski definition) is 2. The van der Waals surface area contributed by atoms with Crippen LogP contribution in [-0.4, -0.2) is 73.3 Å². The van der Waals surface area contributed by atoms with Gasteiger partial charge in [0.25, 0.3) is 0 Å². The largest absolute Gasteiger partial charge is 0.497 e. The van der Waals surface area contributed by atoms with Crippen LogP contribution in [0.15, 0.2) is 48.8 Å². The Bertz CT molecular complexity index is 1110. The Hall–Kier alpha value is -3.86. The second-order valence-electron chi connectivity index (χ2n) is 8.36. The van der Waals surface area contributed by atoms with E-state index in [1.807, 2.05) is 0 Å². The van der Waals surface area contributed by atoms with E-state index in [9.17, 15) is 14.7 Å². The predicted octanol–water partition coefficient (Wildman–Crippen LogP) is 1.36. The van der Waals surface area contributed by atoms with Crippen molar-refractivity contribution in [3.8, 4) is 17.1 Å². The van der Waals surface area contributed by atoms with Crippen molar-refractivity contribution in [3.05, 3.63) is 54.4 Å². The highest BCUT2D eigenvalue weighted by molar-refractivity contribution is 5.88. The summed E-state index contributed by atoms with van der Waals surface area (Å²) in [6, 6.07) is 9.74. The molecular formula is C24H29N7O4. The number of aromatic nitrogens is 5. The summed E-state index contributed by atoms with van der Waals surface area (Å²) in [5.74, 6) is 0.365. The first-order chi connectivity index (χ1) is 17.1. The molecule has 1 aliphatic rings. The third-order valence-corrected chi connectivity index (χ3v) is 6.02. The highest BCUT2D eigenvalue weighted by Crippen LogP contribution is 2.24. The van der Waals surface area contributed by atoms with Crippen molar-refractivity contribution < 1.29 is 19.4 Å². The number of rotatable bonds is 10. The van der Waals surface area contributed by atoms with Crippen molar-refractivity contribution in [2.24, 2.45) is 0 Å². The number of aliphatic hydroxyl groups excluding tert-OH is 1. The van der Waals surface area contributed by atoms with Gasteiger partial charge in [-0.2, -0.15) is 4.80 Å². The summed E-state index contributed by atoms with van der Waals surface area (Å²) < 4.78 is 5.16. The van der Waals surface area contributed by atoms with Gasteiger partial charge in [0.05, 0.1) is 13.7 Å². The molecule has 0 unspecified atom stereocenters. The van der Waals surface area contributed by atoms with Crippen LogP contribution in [0, 0.1) is 0 Å². The third kappa shape index (κ3) is 5.99. The molecule has 1 aromatic carbocycles. The lowest BCUT2D eigenvalue weighted by Crippen LogP contribution is -2.48. The molecule has 3 aromatic rings. The van der Waals surface area contributed by atoms with Gasteiger partial charge in [0.1, 0.15) is 18.3 Å². The Labute approximate surface area is 203 Å². The second kappa shape index (κ2) is 11.5. The molecule has 0 saturated heterocycles. The summed E-state index contributed by atoms with van der Waals surface area (Å²) in [6.45, 7) is -0.558. The number of tetrazole rings is 1. The van der Waals surface area contributed by atoms with Gasteiger partial charge in [0, 0.05) is 30.5 Å². The maximum absolute atomic E-state index is 13.4. The molecule has 4 rings (SSSR count). The maximum Gasteiger partial charge on any atom is 0.247 e. The summed E-state index contributed by atoms with van der Waals surface area (Å²) in [6.07, 6.45) is 7.12. The van der Waals surface area contributed by atoms with Gasteiger partial charge in [0.2, 0.25) is 17.6 Å². The average molecular weight is 480 g/mol. The highest BCUT2D eigenvalue weighted by atomic mass is 16.5. The molecule has 11 heteroatoms. The highest BCUT2D eigenvalue weighted by Gasteiger charge is 2.33. The van der Waals surface area contributed by atoms with Crippen molar-refractivity contribution in [3.63, 3.8) is 0 Å². The number of aliphatic hydroxyl groups is 1. The van der Waals surface area contributed by atoms with Crippen LogP contribution in [0.1, 0.15) is 37.3 Å². The zero-order valence-electron chi connectivity index (χ0n) is 19.6. The van der Waals surface area contributed by atoms with E-state index in [4.69, 9.17) is 4.74 Å². The van der Waals surface area contributed by atoms with Gasteiger partial charge in [-0.3, -0.25) is 14.6 Å². The predicted molar refractivity (Wildman–Crippen MR) is 126 cm³/mol. The fourth-order valence-electron chi connectivity index (χ4n) is 4.25. The van der Waals surface area contributed by atoms with Crippen molar-refractivity contribution in [1.82, 2.24) is 35.4 Å². The first-order valence-electron chi connectivity index (χ1n) is 11.6. The normalized spacial score (nSPS) is 14.5. The van der Waals surface area contributed by atoms with E-state index in [0.29, 0.717) is 17.1 Å². The molecular weight excluding hydrogens is 450 g/mol. The summed E-state index contributed by atoms with van der Waals surface area (Å²) in [7, 11) is 1.58.